The minimum atomic E-state index is 0.283. The number of carbonyl (C=O) groups is 1. The number of rotatable bonds is 2. The molecule has 16 heavy (non-hydrogen) atoms. The summed E-state index contributed by atoms with van der Waals surface area (Å²) in [6.07, 6.45) is 4.52. The van der Waals surface area contributed by atoms with Crippen LogP contribution in [0.3, 0.4) is 0 Å². The monoisotopic (exact) mass is 236 g/mol. The van der Waals surface area contributed by atoms with E-state index in [1.807, 2.05) is 18.4 Å². The van der Waals surface area contributed by atoms with Gasteiger partial charge < -0.3 is 0 Å². The van der Waals surface area contributed by atoms with E-state index in [9.17, 15) is 4.79 Å². The molecule has 1 fully saturated rings. The van der Waals surface area contributed by atoms with Crippen molar-refractivity contribution >= 4 is 17.1 Å². The zero-order valence-electron chi connectivity index (χ0n) is 10.4. The van der Waals surface area contributed by atoms with Gasteiger partial charge in [0.05, 0.1) is 4.88 Å². The van der Waals surface area contributed by atoms with Gasteiger partial charge in [0.2, 0.25) is 0 Å². The van der Waals surface area contributed by atoms with Crippen LogP contribution >= 0.6 is 11.3 Å². The van der Waals surface area contributed by atoms with Gasteiger partial charge in [-0.2, -0.15) is 0 Å². The van der Waals surface area contributed by atoms with E-state index in [0.717, 1.165) is 23.3 Å². The van der Waals surface area contributed by atoms with Crippen LogP contribution in [0.4, 0.5) is 0 Å². The third-order valence-corrected chi connectivity index (χ3v) is 4.83. The Labute approximate surface area is 102 Å². The first-order valence-corrected chi connectivity index (χ1v) is 6.96. The number of Topliss-reactive ketones (excluding diaryl/α,β-unsaturated/α-hetero) is 1. The molecule has 1 aliphatic rings. The van der Waals surface area contributed by atoms with E-state index in [1.54, 1.807) is 11.3 Å². The summed E-state index contributed by atoms with van der Waals surface area (Å²) in [6, 6.07) is 2.05. The average molecular weight is 236 g/mol. The van der Waals surface area contributed by atoms with Crippen molar-refractivity contribution in [2.45, 2.75) is 46.5 Å². The predicted molar refractivity (Wildman–Crippen MR) is 69.1 cm³/mol. The number of hydrogen-bond donors (Lipinski definition) is 0. The van der Waals surface area contributed by atoms with Gasteiger partial charge in [-0.15, -0.1) is 11.3 Å². The molecule has 0 aliphatic heterocycles. The number of ketones is 1. The van der Waals surface area contributed by atoms with Crippen molar-refractivity contribution in [2.24, 2.45) is 11.3 Å². The molecule has 1 nitrogen and oxygen atoms in total. The van der Waals surface area contributed by atoms with Gasteiger partial charge in [-0.3, -0.25) is 4.79 Å². The molecule has 0 aromatic carbocycles. The van der Waals surface area contributed by atoms with Crippen molar-refractivity contribution in [3.8, 4) is 0 Å². The molecule has 2 heteroatoms. The normalized spacial score (nSPS) is 20.9. The molecule has 1 aromatic rings. The standard InChI is InChI=1S/C14H20OS/c1-10-6-9-16-13(10)12(15)11-4-7-14(2,3)8-5-11/h6,9,11H,4-5,7-8H2,1-3H3. The van der Waals surface area contributed by atoms with Crippen molar-refractivity contribution in [3.63, 3.8) is 0 Å². The highest BCUT2D eigenvalue weighted by Crippen LogP contribution is 2.39. The van der Waals surface area contributed by atoms with E-state index in [4.69, 9.17) is 0 Å². The van der Waals surface area contributed by atoms with E-state index in [1.165, 1.54) is 12.8 Å². The lowest BCUT2D eigenvalue weighted by Crippen LogP contribution is -2.26. The summed E-state index contributed by atoms with van der Waals surface area (Å²) >= 11 is 1.60. The van der Waals surface area contributed by atoms with Crippen LogP contribution < -0.4 is 0 Å². The summed E-state index contributed by atoms with van der Waals surface area (Å²) in [5.74, 6) is 0.674. The SMILES string of the molecule is Cc1ccsc1C(=O)C1CCC(C)(C)CC1. The summed E-state index contributed by atoms with van der Waals surface area (Å²) in [7, 11) is 0. The van der Waals surface area contributed by atoms with E-state index >= 15 is 0 Å². The zero-order valence-corrected chi connectivity index (χ0v) is 11.2. The molecule has 0 radical (unpaired) electrons. The lowest BCUT2D eigenvalue weighted by atomic mass is 9.72. The van der Waals surface area contributed by atoms with Gasteiger partial charge in [-0.05, 0) is 55.0 Å². The van der Waals surface area contributed by atoms with Crippen molar-refractivity contribution in [2.75, 3.05) is 0 Å². The maximum atomic E-state index is 12.3. The number of carbonyl (C=O) groups excluding carboxylic acids is 1. The maximum Gasteiger partial charge on any atom is 0.176 e. The van der Waals surface area contributed by atoms with Crippen LogP contribution in [0.1, 0.15) is 54.8 Å². The van der Waals surface area contributed by atoms with Crippen molar-refractivity contribution in [1.82, 2.24) is 0 Å². The second-order valence-corrected chi connectivity index (χ2v) is 6.65. The Morgan fingerprint density at radius 1 is 1.38 bits per heavy atom. The molecule has 88 valence electrons. The Bertz CT molecular complexity index is 379. The van der Waals surface area contributed by atoms with Gasteiger partial charge >= 0.3 is 0 Å². The first kappa shape index (κ1) is 11.8. The van der Waals surface area contributed by atoms with E-state index < -0.39 is 0 Å². The lowest BCUT2D eigenvalue weighted by Gasteiger charge is -2.33. The van der Waals surface area contributed by atoms with E-state index in [0.29, 0.717) is 11.2 Å². The Morgan fingerprint density at radius 2 is 2.00 bits per heavy atom. The fourth-order valence-corrected chi connectivity index (χ4v) is 3.42. The molecule has 2 rings (SSSR count). The lowest BCUT2D eigenvalue weighted by molar-refractivity contribution is 0.0842. The van der Waals surface area contributed by atoms with Crippen LogP contribution in [0.5, 0.6) is 0 Å². The number of thiophene rings is 1. The summed E-state index contributed by atoms with van der Waals surface area (Å²) in [4.78, 5) is 13.3. The highest BCUT2D eigenvalue weighted by Gasteiger charge is 2.31. The summed E-state index contributed by atoms with van der Waals surface area (Å²) in [5.41, 5.74) is 1.60. The van der Waals surface area contributed by atoms with Crippen molar-refractivity contribution < 1.29 is 4.79 Å². The quantitative estimate of drug-likeness (QED) is 0.693. The Morgan fingerprint density at radius 3 is 2.50 bits per heavy atom. The minimum absolute atomic E-state index is 0.283. The smallest absolute Gasteiger partial charge is 0.176 e. The van der Waals surface area contributed by atoms with E-state index in [2.05, 4.69) is 13.8 Å². The molecule has 0 spiro atoms. The predicted octanol–water partition coefficient (Wildman–Crippen LogP) is 4.46. The largest absolute Gasteiger partial charge is 0.293 e. The molecule has 1 aliphatic carbocycles. The van der Waals surface area contributed by atoms with Gasteiger partial charge in [-0.1, -0.05) is 13.8 Å². The molecule has 0 saturated heterocycles. The highest BCUT2D eigenvalue weighted by atomic mass is 32.1. The van der Waals surface area contributed by atoms with Crippen LogP contribution in [-0.4, -0.2) is 5.78 Å². The fraction of sp³-hybridized carbons (Fsp3) is 0.643. The van der Waals surface area contributed by atoms with Gasteiger partial charge in [0.15, 0.2) is 5.78 Å². The number of hydrogen-bond acceptors (Lipinski definition) is 2. The molecule has 1 heterocycles. The van der Waals surface area contributed by atoms with Crippen molar-refractivity contribution in [1.29, 1.82) is 0 Å². The zero-order chi connectivity index (χ0) is 11.8. The van der Waals surface area contributed by atoms with Crippen LogP contribution in [0.15, 0.2) is 11.4 Å². The third kappa shape index (κ3) is 2.37. The minimum Gasteiger partial charge on any atom is -0.293 e. The molecule has 1 aromatic heterocycles. The Kier molecular flexibility index (Phi) is 3.20. The van der Waals surface area contributed by atoms with Gasteiger partial charge in [0, 0.05) is 5.92 Å². The summed E-state index contributed by atoms with van der Waals surface area (Å²) < 4.78 is 0. The average Bonchev–Trinajstić information content (AvgIpc) is 2.63. The maximum absolute atomic E-state index is 12.3. The Balaban J connectivity index is 2.05. The summed E-state index contributed by atoms with van der Waals surface area (Å²) in [5, 5.41) is 2.02. The second kappa shape index (κ2) is 4.33. The molecule has 1 saturated carbocycles. The summed E-state index contributed by atoms with van der Waals surface area (Å²) in [6.45, 7) is 6.66. The van der Waals surface area contributed by atoms with Gasteiger partial charge in [0.1, 0.15) is 0 Å². The molecule has 0 atom stereocenters. The van der Waals surface area contributed by atoms with Crippen LogP contribution in [0.25, 0.3) is 0 Å². The van der Waals surface area contributed by atoms with Crippen LogP contribution in [0.2, 0.25) is 0 Å². The van der Waals surface area contributed by atoms with E-state index in [-0.39, 0.29) is 5.92 Å². The molecule has 0 unspecified atom stereocenters. The topological polar surface area (TPSA) is 17.1 Å². The van der Waals surface area contributed by atoms with Crippen molar-refractivity contribution in [3.05, 3.63) is 21.9 Å². The third-order valence-electron chi connectivity index (χ3n) is 3.80. The highest BCUT2D eigenvalue weighted by molar-refractivity contribution is 7.12. The number of aryl methyl sites for hydroxylation is 1. The molecular weight excluding hydrogens is 216 g/mol. The fourth-order valence-electron chi connectivity index (χ4n) is 2.47. The first-order chi connectivity index (χ1) is 7.49. The van der Waals surface area contributed by atoms with Gasteiger partial charge in [0.25, 0.3) is 0 Å². The molecule has 0 N–H and O–H groups in total. The molecule has 0 bridgehead atoms. The molecule has 0 amide bonds. The first-order valence-electron chi connectivity index (χ1n) is 6.08. The molecular formula is C14H20OS. The van der Waals surface area contributed by atoms with Gasteiger partial charge in [-0.25, -0.2) is 0 Å². The second-order valence-electron chi connectivity index (χ2n) is 5.74. The van der Waals surface area contributed by atoms with Crippen LogP contribution in [-0.2, 0) is 0 Å². The van der Waals surface area contributed by atoms with Crippen LogP contribution in [0, 0.1) is 18.3 Å². The Hall–Kier alpha value is -0.630.